The second kappa shape index (κ2) is 7.63. The van der Waals surface area contributed by atoms with E-state index < -0.39 is 5.97 Å². The van der Waals surface area contributed by atoms with Gasteiger partial charge in [-0.05, 0) is 25.3 Å². The molecule has 17 heavy (non-hydrogen) atoms. The van der Waals surface area contributed by atoms with Gasteiger partial charge in [-0.15, -0.1) is 0 Å². The lowest BCUT2D eigenvalue weighted by Crippen LogP contribution is -2.50. The van der Waals surface area contributed by atoms with Crippen molar-refractivity contribution in [3.8, 4) is 0 Å². The SMILES string of the molecule is CCNC1CC(CCC(=O)O)CN(CCO)C1. The van der Waals surface area contributed by atoms with Crippen molar-refractivity contribution < 1.29 is 15.0 Å². The number of likely N-dealkylation sites (N-methyl/N-ethyl adjacent to an activating group) is 1. The summed E-state index contributed by atoms with van der Waals surface area (Å²) in [5.41, 5.74) is 0. The Morgan fingerprint density at radius 1 is 1.47 bits per heavy atom. The van der Waals surface area contributed by atoms with Gasteiger partial charge in [0.05, 0.1) is 6.61 Å². The van der Waals surface area contributed by atoms with Crippen LogP contribution in [-0.2, 0) is 4.79 Å². The first-order valence-electron chi connectivity index (χ1n) is 6.44. The summed E-state index contributed by atoms with van der Waals surface area (Å²) in [6.45, 7) is 5.74. The molecule has 2 atom stereocenters. The van der Waals surface area contributed by atoms with Gasteiger partial charge in [0.1, 0.15) is 0 Å². The van der Waals surface area contributed by atoms with Gasteiger partial charge >= 0.3 is 5.97 Å². The zero-order valence-corrected chi connectivity index (χ0v) is 10.6. The lowest BCUT2D eigenvalue weighted by atomic mass is 9.90. The van der Waals surface area contributed by atoms with E-state index in [4.69, 9.17) is 10.2 Å². The summed E-state index contributed by atoms with van der Waals surface area (Å²) in [5.74, 6) is -0.292. The van der Waals surface area contributed by atoms with Crippen LogP contribution in [0.25, 0.3) is 0 Å². The Morgan fingerprint density at radius 3 is 2.82 bits per heavy atom. The number of aliphatic hydroxyl groups is 1. The number of aliphatic hydroxyl groups excluding tert-OH is 1. The van der Waals surface area contributed by atoms with Gasteiger partial charge in [0.15, 0.2) is 0 Å². The standard InChI is InChI=1S/C12H24N2O3/c1-2-13-11-7-10(3-4-12(16)17)8-14(9-11)5-6-15/h10-11,13,15H,2-9H2,1H3,(H,16,17). The van der Waals surface area contributed by atoms with E-state index >= 15 is 0 Å². The van der Waals surface area contributed by atoms with E-state index in [-0.39, 0.29) is 13.0 Å². The first-order valence-corrected chi connectivity index (χ1v) is 6.44. The van der Waals surface area contributed by atoms with Crippen LogP contribution in [0, 0.1) is 5.92 Å². The predicted octanol–water partition coefficient (Wildman–Crippen LogP) is 0.144. The van der Waals surface area contributed by atoms with Crippen LogP contribution < -0.4 is 5.32 Å². The molecule has 1 heterocycles. The zero-order chi connectivity index (χ0) is 12.7. The molecule has 1 rings (SSSR count). The Morgan fingerprint density at radius 2 is 2.24 bits per heavy atom. The Labute approximate surface area is 103 Å². The molecule has 0 radical (unpaired) electrons. The molecule has 0 bridgehead atoms. The number of carboxylic acids is 1. The van der Waals surface area contributed by atoms with Crippen LogP contribution in [0.1, 0.15) is 26.2 Å². The highest BCUT2D eigenvalue weighted by Gasteiger charge is 2.26. The van der Waals surface area contributed by atoms with Crippen molar-refractivity contribution >= 4 is 5.97 Å². The molecular weight excluding hydrogens is 220 g/mol. The van der Waals surface area contributed by atoms with E-state index in [1.807, 2.05) is 0 Å². The molecule has 3 N–H and O–H groups in total. The third-order valence-electron chi connectivity index (χ3n) is 3.29. The predicted molar refractivity (Wildman–Crippen MR) is 66.0 cm³/mol. The molecule has 2 unspecified atom stereocenters. The molecule has 1 aliphatic rings. The Bertz CT molecular complexity index is 222. The fraction of sp³-hybridized carbons (Fsp3) is 0.917. The monoisotopic (exact) mass is 244 g/mol. The van der Waals surface area contributed by atoms with Crippen LogP contribution in [0.3, 0.4) is 0 Å². The molecule has 0 amide bonds. The maximum atomic E-state index is 10.6. The number of hydrogen-bond donors (Lipinski definition) is 3. The molecule has 0 aromatic carbocycles. The van der Waals surface area contributed by atoms with Crippen LogP contribution in [0.15, 0.2) is 0 Å². The molecule has 5 nitrogen and oxygen atoms in total. The van der Waals surface area contributed by atoms with Gasteiger partial charge in [0.25, 0.3) is 0 Å². The highest BCUT2D eigenvalue weighted by atomic mass is 16.4. The van der Waals surface area contributed by atoms with Crippen LogP contribution >= 0.6 is 0 Å². The summed E-state index contributed by atoms with van der Waals surface area (Å²) in [6.07, 6.45) is 2.03. The molecule has 0 aromatic rings. The van der Waals surface area contributed by atoms with Gasteiger partial charge in [-0.3, -0.25) is 9.69 Å². The zero-order valence-electron chi connectivity index (χ0n) is 10.6. The lowest BCUT2D eigenvalue weighted by molar-refractivity contribution is -0.137. The number of likely N-dealkylation sites (tertiary alicyclic amines) is 1. The fourth-order valence-corrected chi connectivity index (χ4v) is 2.60. The second-order valence-corrected chi connectivity index (χ2v) is 4.77. The normalized spacial score (nSPS) is 26.0. The Kier molecular flexibility index (Phi) is 6.47. The minimum absolute atomic E-state index is 0.171. The van der Waals surface area contributed by atoms with E-state index in [1.54, 1.807) is 0 Å². The summed E-state index contributed by atoms with van der Waals surface area (Å²) < 4.78 is 0. The maximum absolute atomic E-state index is 10.6. The number of nitrogens with one attached hydrogen (secondary N) is 1. The molecule has 1 aliphatic heterocycles. The van der Waals surface area contributed by atoms with E-state index in [2.05, 4.69) is 17.1 Å². The van der Waals surface area contributed by atoms with Crippen molar-refractivity contribution in [2.24, 2.45) is 5.92 Å². The number of β-amino-alcohol motifs (C(OH)–C–C–N with tert-alkyl or cyclic N) is 1. The number of carbonyl (C=O) groups is 1. The van der Waals surface area contributed by atoms with Gasteiger partial charge in [-0.2, -0.15) is 0 Å². The van der Waals surface area contributed by atoms with Gasteiger partial charge in [-0.25, -0.2) is 0 Å². The fourth-order valence-electron chi connectivity index (χ4n) is 2.60. The molecule has 1 saturated heterocycles. The van der Waals surface area contributed by atoms with Crippen LogP contribution in [-0.4, -0.2) is 59.9 Å². The Hall–Kier alpha value is -0.650. The summed E-state index contributed by atoms with van der Waals surface area (Å²) >= 11 is 0. The molecule has 0 aromatic heterocycles. The molecular formula is C12H24N2O3. The molecule has 0 aliphatic carbocycles. The molecule has 100 valence electrons. The summed E-state index contributed by atoms with van der Waals surface area (Å²) in [4.78, 5) is 12.8. The lowest BCUT2D eigenvalue weighted by Gasteiger charge is -2.37. The van der Waals surface area contributed by atoms with E-state index in [1.165, 1.54) is 0 Å². The van der Waals surface area contributed by atoms with Gasteiger partial charge in [0, 0.05) is 32.1 Å². The summed E-state index contributed by atoms with van der Waals surface area (Å²) in [7, 11) is 0. The van der Waals surface area contributed by atoms with Crippen molar-refractivity contribution in [1.82, 2.24) is 10.2 Å². The molecule has 0 saturated carbocycles. The minimum Gasteiger partial charge on any atom is -0.481 e. The highest BCUT2D eigenvalue weighted by molar-refractivity contribution is 5.66. The van der Waals surface area contributed by atoms with Crippen molar-refractivity contribution in [2.45, 2.75) is 32.2 Å². The van der Waals surface area contributed by atoms with E-state index in [0.717, 1.165) is 32.5 Å². The smallest absolute Gasteiger partial charge is 0.303 e. The van der Waals surface area contributed by atoms with Gasteiger partial charge in [-0.1, -0.05) is 6.92 Å². The molecule has 5 heteroatoms. The van der Waals surface area contributed by atoms with Gasteiger partial charge in [0.2, 0.25) is 0 Å². The minimum atomic E-state index is -0.718. The number of piperidine rings is 1. The van der Waals surface area contributed by atoms with Gasteiger partial charge < -0.3 is 15.5 Å². The first kappa shape index (κ1) is 14.4. The quantitative estimate of drug-likeness (QED) is 0.594. The van der Waals surface area contributed by atoms with Crippen molar-refractivity contribution in [2.75, 3.05) is 32.8 Å². The molecule has 0 spiro atoms. The van der Waals surface area contributed by atoms with Crippen LogP contribution in [0.2, 0.25) is 0 Å². The van der Waals surface area contributed by atoms with E-state index in [9.17, 15) is 4.79 Å². The average Bonchev–Trinajstić information content (AvgIpc) is 2.27. The summed E-state index contributed by atoms with van der Waals surface area (Å²) in [5, 5.41) is 21.1. The van der Waals surface area contributed by atoms with Crippen molar-refractivity contribution in [1.29, 1.82) is 0 Å². The van der Waals surface area contributed by atoms with E-state index in [0.29, 0.717) is 18.5 Å². The Balaban J connectivity index is 2.42. The van der Waals surface area contributed by atoms with Crippen molar-refractivity contribution in [3.05, 3.63) is 0 Å². The summed E-state index contributed by atoms with van der Waals surface area (Å²) in [6, 6.07) is 0.430. The average molecular weight is 244 g/mol. The third kappa shape index (κ3) is 5.48. The largest absolute Gasteiger partial charge is 0.481 e. The number of hydrogen-bond acceptors (Lipinski definition) is 4. The maximum Gasteiger partial charge on any atom is 0.303 e. The van der Waals surface area contributed by atoms with Crippen LogP contribution in [0.5, 0.6) is 0 Å². The number of carboxylic acid groups (broad SMARTS) is 1. The number of rotatable bonds is 7. The third-order valence-corrected chi connectivity index (χ3v) is 3.29. The first-order chi connectivity index (χ1) is 8.15. The van der Waals surface area contributed by atoms with Crippen molar-refractivity contribution in [3.63, 3.8) is 0 Å². The number of nitrogens with zero attached hydrogens (tertiary/aromatic N) is 1. The number of aliphatic carboxylic acids is 1. The molecule has 1 fully saturated rings. The second-order valence-electron chi connectivity index (χ2n) is 4.77. The topological polar surface area (TPSA) is 72.8 Å². The van der Waals surface area contributed by atoms with Crippen LogP contribution in [0.4, 0.5) is 0 Å². The highest BCUT2D eigenvalue weighted by Crippen LogP contribution is 2.21.